The van der Waals surface area contributed by atoms with E-state index in [9.17, 15) is 0 Å². The van der Waals surface area contributed by atoms with Crippen LogP contribution < -0.4 is 4.74 Å². The van der Waals surface area contributed by atoms with Gasteiger partial charge in [-0.3, -0.25) is 0 Å². The quantitative estimate of drug-likeness (QED) is 0.372. The molecule has 0 aromatic heterocycles. The lowest BCUT2D eigenvalue weighted by Crippen LogP contribution is -2.25. The highest BCUT2D eigenvalue weighted by molar-refractivity contribution is 6.08. The van der Waals surface area contributed by atoms with Crippen LogP contribution in [-0.2, 0) is 12.8 Å². The molecule has 4 aromatic carbocycles. The van der Waals surface area contributed by atoms with Crippen LogP contribution in [0.25, 0.3) is 21.5 Å². The Morgan fingerprint density at radius 2 is 1.63 bits per heavy atom. The molecule has 0 saturated carbocycles. The van der Waals surface area contributed by atoms with Crippen LogP contribution in [0.3, 0.4) is 0 Å². The summed E-state index contributed by atoms with van der Waals surface area (Å²) in [4.78, 5) is 0. The molecule has 134 valence electrons. The van der Waals surface area contributed by atoms with Gasteiger partial charge >= 0.3 is 0 Å². The van der Waals surface area contributed by atoms with Crippen LogP contribution in [0.1, 0.15) is 28.7 Å². The zero-order valence-electron chi connectivity index (χ0n) is 16.0. The Morgan fingerprint density at radius 1 is 0.778 bits per heavy atom. The van der Waals surface area contributed by atoms with Crippen molar-refractivity contribution in [3.05, 3.63) is 89.0 Å². The number of aryl methyl sites for hydroxylation is 2. The van der Waals surface area contributed by atoms with E-state index in [1.54, 1.807) is 0 Å². The second-order valence-electron chi connectivity index (χ2n) is 7.77. The van der Waals surface area contributed by atoms with Crippen molar-refractivity contribution < 1.29 is 4.74 Å². The third-order valence-electron chi connectivity index (χ3n) is 6.15. The average Bonchev–Trinajstić information content (AvgIpc) is 2.71. The molecule has 1 heteroatoms. The van der Waals surface area contributed by atoms with Crippen molar-refractivity contribution in [3.63, 3.8) is 0 Å². The van der Waals surface area contributed by atoms with Crippen molar-refractivity contribution in [3.8, 4) is 5.75 Å². The summed E-state index contributed by atoms with van der Waals surface area (Å²) in [6.07, 6.45) is 3.41. The van der Waals surface area contributed by atoms with E-state index in [1.807, 2.05) is 0 Å². The fraction of sp³-hybridized carbons (Fsp3) is 0.231. The van der Waals surface area contributed by atoms with Crippen LogP contribution >= 0.6 is 0 Å². The molecule has 0 spiro atoms. The number of rotatable bonds is 2. The molecule has 0 bridgehead atoms. The van der Waals surface area contributed by atoms with Crippen molar-refractivity contribution in [1.29, 1.82) is 0 Å². The highest BCUT2D eigenvalue weighted by Crippen LogP contribution is 2.34. The van der Waals surface area contributed by atoms with Crippen LogP contribution in [0.5, 0.6) is 5.75 Å². The van der Waals surface area contributed by atoms with Crippen molar-refractivity contribution in [2.24, 2.45) is 0 Å². The number of hydrogen-bond acceptors (Lipinski definition) is 1. The molecule has 1 atom stereocenters. The van der Waals surface area contributed by atoms with Crippen LogP contribution in [0.2, 0.25) is 0 Å². The highest BCUT2D eigenvalue weighted by atomic mass is 16.5. The van der Waals surface area contributed by atoms with E-state index in [2.05, 4.69) is 80.6 Å². The molecule has 27 heavy (non-hydrogen) atoms. The zero-order valence-corrected chi connectivity index (χ0v) is 16.0. The van der Waals surface area contributed by atoms with Crippen molar-refractivity contribution in [1.82, 2.24) is 0 Å². The normalized spacial score (nSPS) is 16.4. The van der Waals surface area contributed by atoms with E-state index in [-0.39, 0.29) is 6.10 Å². The van der Waals surface area contributed by atoms with Crippen molar-refractivity contribution in [2.75, 3.05) is 0 Å². The van der Waals surface area contributed by atoms with E-state index < -0.39 is 0 Å². The predicted octanol–water partition coefficient (Wildman–Crippen LogP) is 6.55. The van der Waals surface area contributed by atoms with Crippen molar-refractivity contribution >= 4 is 21.5 Å². The topological polar surface area (TPSA) is 9.23 Å². The largest absolute Gasteiger partial charge is 0.490 e. The number of fused-ring (bicyclic) bond motifs is 5. The summed E-state index contributed by atoms with van der Waals surface area (Å²) in [5, 5.41) is 5.46. The molecule has 4 aromatic rings. The van der Waals surface area contributed by atoms with E-state index in [0.717, 1.165) is 25.0 Å². The number of hydrogen-bond donors (Lipinski definition) is 0. The van der Waals surface area contributed by atoms with Crippen molar-refractivity contribution in [2.45, 2.75) is 39.2 Å². The molecule has 0 N–H and O–H groups in total. The first kappa shape index (κ1) is 16.4. The first-order valence-electron chi connectivity index (χ1n) is 9.86. The lowest BCUT2D eigenvalue weighted by Gasteiger charge is -2.27. The van der Waals surface area contributed by atoms with E-state index in [1.165, 1.54) is 43.8 Å². The molecular weight excluding hydrogens is 328 g/mol. The molecule has 0 amide bonds. The Hall–Kier alpha value is -2.80. The van der Waals surface area contributed by atoms with Gasteiger partial charge in [0.2, 0.25) is 0 Å². The van der Waals surface area contributed by atoms with Gasteiger partial charge in [0.15, 0.2) is 0 Å². The first-order chi connectivity index (χ1) is 13.2. The molecule has 1 nitrogen and oxygen atoms in total. The van der Waals surface area contributed by atoms with Gasteiger partial charge in [-0.15, -0.1) is 0 Å². The van der Waals surface area contributed by atoms with Gasteiger partial charge in [0, 0.05) is 6.42 Å². The molecule has 0 aliphatic heterocycles. The molecule has 0 saturated heterocycles. The van der Waals surface area contributed by atoms with E-state index in [0.29, 0.717) is 0 Å². The first-order valence-corrected chi connectivity index (χ1v) is 9.86. The fourth-order valence-electron chi connectivity index (χ4n) is 4.47. The maximum atomic E-state index is 6.41. The van der Waals surface area contributed by atoms with Gasteiger partial charge < -0.3 is 4.74 Å². The smallest absolute Gasteiger partial charge is 0.122 e. The summed E-state index contributed by atoms with van der Waals surface area (Å²) in [5.74, 6) is 1.04. The maximum Gasteiger partial charge on any atom is 0.122 e. The minimum atomic E-state index is 0.260. The van der Waals surface area contributed by atoms with E-state index >= 15 is 0 Å². The van der Waals surface area contributed by atoms with Gasteiger partial charge in [-0.1, -0.05) is 60.7 Å². The minimum absolute atomic E-state index is 0.260. The summed E-state index contributed by atoms with van der Waals surface area (Å²) in [6.45, 7) is 4.30. The Balaban J connectivity index is 1.50. The number of ether oxygens (including phenoxy) is 1. The Morgan fingerprint density at radius 3 is 2.56 bits per heavy atom. The molecule has 0 heterocycles. The second kappa shape index (κ2) is 6.42. The minimum Gasteiger partial charge on any atom is -0.490 e. The molecule has 1 aliphatic rings. The predicted molar refractivity (Wildman–Crippen MR) is 114 cm³/mol. The SMILES string of the molecule is Cc1cccc(OC2CCc3c(ccc4c3ccc3ccccc34)C2)c1C. The van der Waals surface area contributed by atoms with Gasteiger partial charge in [0.05, 0.1) is 0 Å². The summed E-state index contributed by atoms with van der Waals surface area (Å²) in [6, 6.07) is 24.2. The third kappa shape index (κ3) is 2.78. The van der Waals surface area contributed by atoms with E-state index in [4.69, 9.17) is 4.74 Å². The Kier molecular flexibility index (Phi) is 3.89. The molecule has 0 radical (unpaired) electrons. The summed E-state index contributed by atoms with van der Waals surface area (Å²) >= 11 is 0. The lowest BCUT2D eigenvalue weighted by atomic mass is 9.85. The third-order valence-corrected chi connectivity index (χ3v) is 6.15. The van der Waals surface area contributed by atoms with Crippen LogP contribution in [0.4, 0.5) is 0 Å². The van der Waals surface area contributed by atoms with Gasteiger partial charge in [-0.05, 0) is 76.6 Å². The lowest BCUT2D eigenvalue weighted by molar-refractivity contribution is 0.184. The monoisotopic (exact) mass is 352 g/mol. The van der Waals surface area contributed by atoms with Gasteiger partial charge in [-0.25, -0.2) is 0 Å². The van der Waals surface area contributed by atoms with Crippen LogP contribution in [-0.4, -0.2) is 6.10 Å². The standard InChI is InChI=1S/C26H24O/c1-17-6-5-9-26(18(17)2)27-21-12-15-23-20(16-21)11-14-24-22-8-4-3-7-19(22)10-13-25(23)24/h3-11,13-14,21H,12,15-16H2,1-2H3. The summed E-state index contributed by atoms with van der Waals surface area (Å²) in [5.41, 5.74) is 5.51. The van der Waals surface area contributed by atoms with Crippen LogP contribution in [0, 0.1) is 13.8 Å². The zero-order chi connectivity index (χ0) is 18.4. The molecule has 1 aliphatic carbocycles. The molecule has 5 rings (SSSR count). The molecular formula is C26H24O. The average molecular weight is 352 g/mol. The maximum absolute atomic E-state index is 6.41. The molecule has 1 unspecified atom stereocenters. The van der Waals surface area contributed by atoms with Gasteiger partial charge in [-0.2, -0.15) is 0 Å². The second-order valence-corrected chi connectivity index (χ2v) is 7.77. The van der Waals surface area contributed by atoms with Gasteiger partial charge in [0.1, 0.15) is 11.9 Å². The fourth-order valence-corrected chi connectivity index (χ4v) is 4.47. The highest BCUT2D eigenvalue weighted by Gasteiger charge is 2.22. The Bertz CT molecular complexity index is 1160. The Labute approximate surface area is 160 Å². The van der Waals surface area contributed by atoms with Crippen LogP contribution in [0.15, 0.2) is 66.7 Å². The van der Waals surface area contributed by atoms with Gasteiger partial charge in [0.25, 0.3) is 0 Å². The summed E-state index contributed by atoms with van der Waals surface area (Å²) < 4.78 is 6.41. The number of benzene rings is 4. The molecule has 0 fully saturated rings. The summed E-state index contributed by atoms with van der Waals surface area (Å²) in [7, 11) is 0.